The molecule has 0 atom stereocenters. The van der Waals surface area contributed by atoms with Crippen molar-refractivity contribution < 1.29 is 14.6 Å². The molecule has 0 aliphatic heterocycles. The van der Waals surface area contributed by atoms with E-state index in [4.69, 9.17) is 15.6 Å². The summed E-state index contributed by atoms with van der Waals surface area (Å²) in [6.45, 7) is 0. The van der Waals surface area contributed by atoms with E-state index in [2.05, 4.69) is 20.9 Å². The summed E-state index contributed by atoms with van der Waals surface area (Å²) in [6.07, 6.45) is -1.32. The molecule has 6 heteroatoms. The summed E-state index contributed by atoms with van der Waals surface area (Å²) in [4.78, 5) is 13.6. The average molecular weight is 287 g/mol. The minimum Gasteiger partial charge on any atom is -0.496 e. The minimum absolute atomic E-state index is 0.0491. The molecule has 0 spiro atoms. The summed E-state index contributed by atoms with van der Waals surface area (Å²) in [5.41, 5.74) is 6.98. The van der Waals surface area contributed by atoms with E-state index in [0.29, 0.717) is 16.6 Å². The normalized spacial score (nSPS) is 11.2. The Labute approximate surface area is 101 Å². The lowest BCUT2D eigenvalue weighted by molar-refractivity contribution is 0.205. The van der Waals surface area contributed by atoms with Gasteiger partial charge >= 0.3 is 6.09 Å². The Bertz CT molecular complexity index is 432. The highest BCUT2D eigenvalue weighted by molar-refractivity contribution is 9.08. The molecule has 86 valence electrons. The van der Waals surface area contributed by atoms with Crippen LogP contribution < -0.4 is 10.5 Å². The number of nitrogens with zero attached hydrogens (tertiary/aromatic N) is 1. The second kappa shape index (κ2) is 5.50. The number of aliphatic imine (C=N–C) groups is 1. The Morgan fingerprint density at radius 2 is 2.31 bits per heavy atom. The third kappa shape index (κ3) is 2.96. The van der Waals surface area contributed by atoms with Crippen LogP contribution >= 0.6 is 15.9 Å². The topological polar surface area (TPSA) is 84.9 Å². The Balaban J connectivity index is 3.13. The van der Waals surface area contributed by atoms with E-state index in [9.17, 15) is 4.79 Å². The van der Waals surface area contributed by atoms with Crippen molar-refractivity contribution in [1.82, 2.24) is 0 Å². The number of benzene rings is 1. The van der Waals surface area contributed by atoms with E-state index >= 15 is 0 Å². The number of carbonyl (C=O) groups is 1. The highest BCUT2D eigenvalue weighted by Gasteiger charge is 2.06. The highest BCUT2D eigenvalue weighted by atomic mass is 79.9. The van der Waals surface area contributed by atoms with Crippen molar-refractivity contribution in [2.75, 3.05) is 7.11 Å². The lowest BCUT2D eigenvalue weighted by atomic mass is 10.1. The van der Waals surface area contributed by atoms with Crippen LogP contribution in [0.25, 0.3) is 0 Å². The maximum absolute atomic E-state index is 10.4. The zero-order chi connectivity index (χ0) is 12.1. The molecule has 0 unspecified atom stereocenters. The quantitative estimate of drug-likeness (QED) is 0.505. The maximum Gasteiger partial charge on any atom is 0.433 e. The minimum atomic E-state index is -1.32. The van der Waals surface area contributed by atoms with Gasteiger partial charge in [0.1, 0.15) is 11.6 Å². The van der Waals surface area contributed by atoms with E-state index < -0.39 is 6.09 Å². The molecular formula is C10H11BrN2O3. The van der Waals surface area contributed by atoms with Crippen molar-refractivity contribution in [3.8, 4) is 5.75 Å². The molecule has 0 aliphatic rings. The average Bonchev–Trinajstić information content (AvgIpc) is 2.27. The summed E-state index contributed by atoms with van der Waals surface area (Å²) in [6, 6.07) is 5.15. The number of rotatable bonds is 3. The van der Waals surface area contributed by atoms with Gasteiger partial charge in [-0.25, -0.2) is 4.79 Å². The van der Waals surface area contributed by atoms with Crippen LogP contribution in [0, 0.1) is 0 Å². The number of carboxylic acid groups (broad SMARTS) is 1. The molecule has 0 saturated heterocycles. The molecular weight excluding hydrogens is 276 g/mol. The van der Waals surface area contributed by atoms with Crippen LogP contribution in [0.1, 0.15) is 11.1 Å². The molecule has 0 fully saturated rings. The summed E-state index contributed by atoms with van der Waals surface area (Å²) >= 11 is 3.32. The van der Waals surface area contributed by atoms with E-state index in [1.54, 1.807) is 18.2 Å². The number of ether oxygens (including phenoxy) is 1. The lowest BCUT2D eigenvalue weighted by Gasteiger charge is -2.08. The fourth-order valence-corrected chi connectivity index (χ4v) is 1.65. The Kier molecular flexibility index (Phi) is 4.30. The van der Waals surface area contributed by atoms with Gasteiger partial charge in [0.15, 0.2) is 0 Å². The number of methoxy groups -OCH3 is 1. The second-order valence-electron chi connectivity index (χ2n) is 2.94. The van der Waals surface area contributed by atoms with E-state index in [1.807, 2.05) is 0 Å². The summed E-state index contributed by atoms with van der Waals surface area (Å²) in [5, 5.41) is 9.11. The zero-order valence-corrected chi connectivity index (χ0v) is 10.2. The van der Waals surface area contributed by atoms with Gasteiger partial charge < -0.3 is 15.6 Å². The van der Waals surface area contributed by atoms with E-state index in [0.717, 1.165) is 5.56 Å². The van der Waals surface area contributed by atoms with Crippen molar-refractivity contribution in [2.45, 2.75) is 5.33 Å². The van der Waals surface area contributed by atoms with Gasteiger partial charge in [0, 0.05) is 16.5 Å². The number of hydrogen-bond acceptors (Lipinski definition) is 2. The molecule has 0 aromatic heterocycles. The summed E-state index contributed by atoms with van der Waals surface area (Å²) < 4.78 is 5.14. The molecule has 0 saturated carbocycles. The first kappa shape index (κ1) is 12.5. The van der Waals surface area contributed by atoms with Gasteiger partial charge in [-0.1, -0.05) is 28.1 Å². The number of amidine groups is 1. The van der Waals surface area contributed by atoms with Crippen LogP contribution in [0.5, 0.6) is 5.75 Å². The third-order valence-corrected chi connectivity index (χ3v) is 2.55. The number of nitrogens with two attached hydrogens (primary N) is 1. The van der Waals surface area contributed by atoms with Gasteiger partial charge in [0.05, 0.1) is 7.11 Å². The number of amides is 1. The van der Waals surface area contributed by atoms with Crippen molar-refractivity contribution in [3.05, 3.63) is 29.3 Å². The van der Waals surface area contributed by atoms with Crippen LogP contribution in [0.4, 0.5) is 4.79 Å². The fraction of sp³-hybridized carbons (Fsp3) is 0.200. The van der Waals surface area contributed by atoms with E-state index in [-0.39, 0.29) is 5.84 Å². The number of hydrogen-bond donors (Lipinski definition) is 2. The Morgan fingerprint density at radius 1 is 1.62 bits per heavy atom. The SMILES string of the molecule is COc1cc(/C(N)=N/C(=O)O)ccc1CBr. The van der Waals surface area contributed by atoms with Crippen LogP contribution in [0.3, 0.4) is 0 Å². The highest BCUT2D eigenvalue weighted by Crippen LogP contribution is 2.22. The van der Waals surface area contributed by atoms with Gasteiger partial charge in [-0.05, 0) is 6.07 Å². The molecule has 1 rings (SSSR count). The molecule has 0 bridgehead atoms. The van der Waals surface area contributed by atoms with Gasteiger partial charge in [-0.3, -0.25) is 0 Å². The molecule has 5 nitrogen and oxygen atoms in total. The summed E-state index contributed by atoms with van der Waals surface area (Å²) in [7, 11) is 1.54. The van der Waals surface area contributed by atoms with Crippen molar-refractivity contribution in [3.63, 3.8) is 0 Å². The van der Waals surface area contributed by atoms with Crippen molar-refractivity contribution in [1.29, 1.82) is 0 Å². The largest absolute Gasteiger partial charge is 0.496 e. The lowest BCUT2D eigenvalue weighted by Crippen LogP contribution is -2.15. The molecule has 0 radical (unpaired) electrons. The van der Waals surface area contributed by atoms with Crippen LogP contribution in [-0.2, 0) is 5.33 Å². The number of alkyl halides is 1. The molecule has 1 amide bonds. The first-order valence-electron chi connectivity index (χ1n) is 4.38. The van der Waals surface area contributed by atoms with Crippen molar-refractivity contribution in [2.24, 2.45) is 10.7 Å². The predicted molar refractivity (Wildman–Crippen MR) is 64.4 cm³/mol. The third-order valence-electron chi connectivity index (χ3n) is 1.94. The molecule has 0 heterocycles. The zero-order valence-electron chi connectivity index (χ0n) is 8.61. The second-order valence-corrected chi connectivity index (χ2v) is 3.50. The summed E-state index contributed by atoms with van der Waals surface area (Å²) in [5.74, 6) is 0.588. The predicted octanol–water partition coefficient (Wildman–Crippen LogP) is 1.97. The van der Waals surface area contributed by atoms with E-state index in [1.165, 1.54) is 7.11 Å². The fourth-order valence-electron chi connectivity index (χ4n) is 1.18. The standard InChI is InChI=1S/C10H11BrN2O3/c1-16-8-4-6(2-3-7(8)5-11)9(12)13-10(14)15/h2-4H,5H2,1H3,(H2,12,13)(H,14,15). The van der Waals surface area contributed by atoms with Gasteiger partial charge in [0.25, 0.3) is 0 Å². The van der Waals surface area contributed by atoms with Crippen LogP contribution in [-0.4, -0.2) is 24.1 Å². The van der Waals surface area contributed by atoms with Gasteiger partial charge in [-0.2, -0.15) is 4.99 Å². The first-order valence-corrected chi connectivity index (χ1v) is 5.51. The Hall–Kier alpha value is -1.56. The maximum atomic E-state index is 10.4. The molecule has 1 aromatic rings. The molecule has 16 heavy (non-hydrogen) atoms. The van der Waals surface area contributed by atoms with Gasteiger partial charge in [0.2, 0.25) is 0 Å². The monoisotopic (exact) mass is 286 g/mol. The van der Waals surface area contributed by atoms with Crippen molar-refractivity contribution >= 4 is 27.9 Å². The first-order chi connectivity index (χ1) is 7.58. The molecule has 0 aliphatic carbocycles. The molecule has 1 aromatic carbocycles. The number of halogens is 1. The van der Waals surface area contributed by atoms with Gasteiger partial charge in [-0.15, -0.1) is 0 Å². The molecule has 3 N–H and O–H groups in total. The van der Waals surface area contributed by atoms with Crippen LogP contribution in [0.2, 0.25) is 0 Å². The smallest absolute Gasteiger partial charge is 0.433 e. The van der Waals surface area contributed by atoms with Crippen LogP contribution in [0.15, 0.2) is 23.2 Å². The Morgan fingerprint density at radius 3 is 2.81 bits per heavy atom.